The molecule has 2 N–H and O–H groups in total. The van der Waals surface area contributed by atoms with E-state index in [2.05, 4.69) is 10.0 Å². The molecular weight excluding hydrogens is 319 g/mol. The number of ether oxygens (including phenoxy) is 1. The van der Waals surface area contributed by atoms with E-state index < -0.39 is 10.0 Å². The van der Waals surface area contributed by atoms with Gasteiger partial charge in [0.15, 0.2) is 0 Å². The molecule has 102 valence electrons. The third-order valence-corrected chi connectivity index (χ3v) is 5.93. The highest BCUT2D eigenvalue weighted by Crippen LogP contribution is 2.34. The summed E-state index contributed by atoms with van der Waals surface area (Å²) >= 11 is 12.6. The third kappa shape index (κ3) is 2.98. The van der Waals surface area contributed by atoms with Gasteiger partial charge < -0.3 is 10.1 Å². The largest absolute Gasteiger partial charge is 0.378 e. The number of methoxy groups -OCH3 is 1. The van der Waals surface area contributed by atoms with Crippen molar-refractivity contribution in [2.75, 3.05) is 20.2 Å². The summed E-state index contributed by atoms with van der Waals surface area (Å²) in [7, 11) is -2.12. The molecule has 0 saturated carbocycles. The molecule has 5 nitrogen and oxygen atoms in total. The molecule has 2 heterocycles. The second kappa shape index (κ2) is 5.62. The topological polar surface area (TPSA) is 67.4 Å². The minimum Gasteiger partial charge on any atom is -0.378 e. The molecule has 0 aromatic carbocycles. The van der Waals surface area contributed by atoms with Crippen molar-refractivity contribution in [3.63, 3.8) is 0 Å². The Morgan fingerprint density at radius 1 is 1.50 bits per heavy atom. The zero-order valence-electron chi connectivity index (χ0n) is 9.44. The molecule has 18 heavy (non-hydrogen) atoms. The van der Waals surface area contributed by atoms with Crippen LogP contribution in [-0.2, 0) is 14.8 Å². The molecule has 0 spiro atoms. The highest BCUT2D eigenvalue weighted by atomic mass is 35.5. The Bertz CT molecular complexity index is 532. The Balaban J connectivity index is 2.19. The lowest BCUT2D eigenvalue weighted by atomic mass is 10.2. The Labute approximate surface area is 119 Å². The van der Waals surface area contributed by atoms with Crippen molar-refractivity contribution in [1.29, 1.82) is 0 Å². The number of nitrogens with one attached hydrogen (secondary N) is 2. The first-order valence-electron chi connectivity index (χ1n) is 5.14. The number of rotatable bonds is 4. The predicted molar refractivity (Wildman–Crippen MR) is 72.1 cm³/mol. The normalized spacial score (nSPS) is 24.6. The number of hydrogen-bond acceptors (Lipinski definition) is 5. The maximum Gasteiger partial charge on any atom is 0.243 e. The number of hydrogen-bond donors (Lipinski definition) is 2. The van der Waals surface area contributed by atoms with Crippen LogP contribution in [0.2, 0.25) is 8.67 Å². The van der Waals surface area contributed by atoms with Crippen molar-refractivity contribution in [2.24, 2.45) is 0 Å². The zero-order chi connectivity index (χ0) is 13.3. The highest BCUT2D eigenvalue weighted by Gasteiger charge is 2.32. The van der Waals surface area contributed by atoms with E-state index in [1.807, 2.05) is 0 Å². The molecule has 0 amide bonds. The minimum absolute atomic E-state index is 0.0147. The highest BCUT2D eigenvalue weighted by molar-refractivity contribution is 7.89. The fourth-order valence-electron chi connectivity index (χ4n) is 1.79. The molecule has 1 fully saturated rings. The molecule has 1 aliphatic rings. The van der Waals surface area contributed by atoms with Crippen LogP contribution in [-0.4, -0.2) is 40.8 Å². The Morgan fingerprint density at radius 3 is 2.78 bits per heavy atom. The van der Waals surface area contributed by atoms with Crippen LogP contribution in [0.3, 0.4) is 0 Å². The SMILES string of the molecule is CO[C@@H]1CNCC1NS(=O)(=O)c1cc(Cl)sc1Cl. The molecular formula is C9H12Cl2N2O3S2. The molecule has 1 aromatic heterocycles. The van der Waals surface area contributed by atoms with Crippen molar-refractivity contribution in [3.8, 4) is 0 Å². The van der Waals surface area contributed by atoms with E-state index in [0.717, 1.165) is 11.3 Å². The van der Waals surface area contributed by atoms with Gasteiger partial charge in [0.05, 0.1) is 16.5 Å². The average molecular weight is 331 g/mol. The molecule has 2 rings (SSSR count). The molecule has 1 aromatic rings. The van der Waals surface area contributed by atoms with Crippen LogP contribution >= 0.6 is 34.5 Å². The molecule has 1 saturated heterocycles. The summed E-state index contributed by atoms with van der Waals surface area (Å²) in [4.78, 5) is 0.0147. The monoisotopic (exact) mass is 330 g/mol. The van der Waals surface area contributed by atoms with Gasteiger partial charge in [-0.2, -0.15) is 0 Å². The van der Waals surface area contributed by atoms with Gasteiger partial charge in [0.2, 0.25) is 10.0 Å². The first kappa shape index (κ1) is 14.5. The lowest BCUT2D eigenvalue weighted by molar-refractivity contribution is 0.103. The predicted octanol–water partition coefficient (Wildman–Crippen LogP) is 1.32. The molecule has 0 aliphatic carbocycles. The summed E-state index contributed by atoms with van der Waals surface area (Å²) in [6.45, 7) is 1.13. The van der Waals surface area contributed by atoms with Gasteiger partial charge in [0.1, 0.15) is 9.23 Å². The van der Waals surface area contributed by atoms with Crippen molar-refractivity contribution in [2.45, 2.75) is 17.0 Å². The first-order valence-corrected chi connectivity index (χ1v) is 8.20. The van der Waals surface area contributed by atoms with Crippen LogP contribution in [0, 0.1) is 0 Å². The van der Waals surface area contributed by atoms with Gasteiger partial charge in [-0.25, -0.2) is 13.1 Å². The van der Waals surface area contributed by atoms with E-state index in [1.54, 1.807) is 7.11 Å². The van der Waals surface area contributed by atoms with Crippen molar-refractivity contribution in [1.82, 2.24) is 10.0 Å². The van der Waals surface area contributed by atoms with Crippen molar-refractivity contribution >= 4 is 44.6 Å². The van der Waals surface area contributed by atoms with E-state index >= 15 is 0 Å². The van der Waals surface area contributed by atoms with Gasteiger partial charge in [-0.05, 0) is 6.07 Å². The second-order valence-electron chi connectivity index (χ2n) is 3.85. The average Bonchev–Trinajstić information content (AvgIpc) is 2.84. The summed E-state index contributed by atoms with van der Waals surface area (Å²) in [6.07, 6.45) is -0.187. The van der Waals surface area contributed by atoms with Crippen LogP contribution in [0.4, 0.5) is 0 Å². The Hall–Kier alpha value is 0.110. The lowest BCUT2D eigenvalue weighted by Crippen LogP contribution is -2.43. The van der Waals surface area contributed by atoms with E-state index in [-0.39, 0.29) is 21.4 Å². The van der Waals surface area contributed by atoms with E-state index in [0.29, 0.717) is 17.4 Å². The van der Waals surface area contributed by atoms with Crippen LogP contribution in [0.1, 0.15) is 0 Å². The molecule has 0 bridgehead atoms. The Kier molecular flexibility index (Phi) is 4.53. The maximum absolute atomic E-state index is 12.2. The number of thiophene rings is 1. The fourth-order valence-corrected chi connectivity index (χ4v) is 5.20. The van der Waals surface area contributed by atoms with Crippen LogP contribution in [0.5, 0.6) is 0 Å². The first-order chi connectivity index (χ1) is 8.44. The second-order valence-corrected chi connectivity index (χ2v) is 7.82. The lowest BCUT2D eigenvalue weighted by Gasteiger charge is -2.18. The Morgan fingerprint density at radius 2 is 2.22 bits per heavy atom. The van der Waals surface area contributed by atoms with E-state index in [1.165, 1.54) is 6.07 Å². The van der Waals surface area contributed by atoms with E-state index in [4.69, 9.17) is 27.9 Å². The van der Waals surface area contributed by atoms with Crippen LogP contribution < -0.4 is 10.0 Å². The number of sulfonamides is 1. The minimum atomic E-state index is -3.67. The smallest absolute Gasteiger partial charge is 0.243 e. The third-order valence-electron chi connectivity index (χ3n) is 2.68. The van der Waals surface area contributed by atoms with Gasteiger partial charge in [0, 0.05) is 20.2 Å². The van der Waals surface area contributed by atoms with Gasteiger partial charge in [-0.3, -0.25) is 0 Å². The molecule has 2 atom stereocenters. The van der Waals surface area contributed by atoms with Crippen LogP contribution in [0.25, 0.3) is 0 Å². The van der Waals surface area contributed by atoms with Gasteiger partial charge in [-0.15, -0.1) is 11.3 Å². The van der Waals surface area contributed by atoms with Crippen molar-refractivity contribution < 1.29 is 13.2 Å². The molecule has 9 heteroatoms. The van der Waals surface area contributed by atoms with E-state index in [9.17, 15) is 8.42 Å². The summed E-state index contributed by atoms with van der Waals surface area (Å²) in [5.41, 5.74) is 0. The van der Waals surface area contributed by atoms with Gasteiger partial charge in [0.25, 0.3) is 0 Å². The van der Waals surface area contributed by atoms with Crippen molar-refractivity contribution in [3.05, 3.63) is 14.7 Å². The van der Waals surface area contributed by atoms with Gasteiger partial charge in [-0.1, -0.05) is 23.2 Å². The summed E-state index contributed by atoms with van der Waals surface area (Å²) < 4.78 is 32.6. The quantitative estimate of drug-likeness (QED) is 0.873. The summed E-state index contributed by atoms with van der Waals surface area (Å²) in [6, 6.07) is 1.04. The maximum atomic E-state index is 12.2. The van der Waals surface area contributed by atoms with Gasteiger partial charge >= 0.3 is 0 Å². The number of halogens is 2. The zero-order valence-corrected chi connectivity index (χ0v) is 12.6. The standard InChI is InChI=1S/C9H12Cl2N2O3S2/c1-16-6-4-12-3-5(6)13-18(14,15)7-2-8(10)17-9(7)11/h2,5-6,12-13H,3-4H2,1H3/t5?,6-/m1/s1. The fraction of sp³-hybridized carbons (Fsp3) is 0.556. The summed E-state index contributed by atoms with van der Waals surface area (Å²) in [5.74, 6) is 0. The summed E-state index contributed by atoms with van der Waals surface area (Å²) in [5, 5.41) is 3.06. The molecule has 1 aliphatic heterocycles. The molecule has 0 radical (unpaired) electrons. The van der Waals surface area contributed by atoms with Crippen LogP contribution in [0.15, 0.2) is 11.0 Å². The molecule has 1 unspecified atom stereocenters.